The molecule has 7 heteroatoms. The lowest BCUT2D eigenvalue weighted by atomic mass is 10.1. The average Bonchev–Trinajstić information content (AvgIpc) is 3.26. The van der Waals surface area contributed by atoms with E-state index in [4.69, 9.17) is 4.74 Å². The van der Waals surface area contributed by atoms with E-state index in [1.165, 1.54) is 7.11 Å². The summed E-state index contributed by atoms with van der Waals surface area (Å²) in [5.41, 5.74) is 2.29. The first-order valence-corrected chi connectivity index (χ1v) is 8.41. The Morgan fingerprint density at radius 2 is 2.00 bits per heavy atom. The minimum Gasteiger partial charge on any atom is -0.465 e. The zero-order valence-corrected chi connectivity index (χ0v) is 14.7. The van der Waals surface area contributed by atoms with Crippen molar-refractivity contribution in [2.24, 2.45) is 0 Å². The lowest BCUT2D eigenvalue weighted by Gasteiger charge is -2.12. The van der Waals surface area contributed by atoms with Crippen LogP contribution >= 0.6 is 0 Å². The molecule has 7 nitrogen and oxygen atoms in total. The molecule has 0 spiro atoms. The quantitative estimate of drug-likeness (QED) is 0.551. The average molecular weight is 359 g/mol. The van der Waals surface area contributed by atoms with Gasteiger partial charge in [-0.15, -0.1) is 0 Å². The predicted molar refractivity (Wildman–Crippen MR) is 102 cm³/mol. The van der Waals surface area contributed by atoms with Crippen molar-refractivity contribution in [3.8, 4) is 5.95 Å². The number of carbonyl (C=O) groups is 1. The second kappa shape index (κ2) is 7.25. The van der Waals surface area contributed by atoms with Crippen LogP contribution in [0.5, 0.6) is 0 Å². The molecular formula is C20H17N5O2. The number of rotatable bonds is 5. The number of hydrogen-bond acceptors (Lipinski definition) is 6. The fourth-order valence-corrected chi connectivity index (χ4v) is 2.77. The van der Waals surface area contributed by atoms with Gasteiger partial charge in [0, 0.05) is 24.3 Å². The van der Waals surface area contributed by atoms with Crippen molar-refractivity contribution in [2.45, 2.75) is 6.54 Å². The van der Waals surface area contributed by atoms with Crippen LogP contribution in [-0.2, 0) is 11.3 Å². The molecule has 0 aliphatic carbocycles. The molecule has 27 heavy (non-hydrogen) atoms. The molecule has 0 atom stereocenters. The van der Waals surface area contributed by atoms with Crippen LogP contribution < -0.4 is 5.32 Å². The highest BCUT2D eigenvalue weighted by atomic mass is 16.5. The normalized spacial score (nSPS) is 10.7. The summed E-state index contributed by atoms with van der Waals surface area (Å²) < 4.78 is 6.56. The maximum atomic E-state index is 11.9. The summed E-state index contributed by atoms with van der Waals surface area (Å²) in [6.45, 7) is 0.596. The smallest absolute Gasteiger partial charge is 0.337 e. The van der Waals surface area contributed by atoms with Crippen LogP contribution in [0.15, 0.2) is 67.3 Å². The van der Waals surface area contributed by atoms with Crippen molar-refractivity contribution in [1.29, 1.82) is 0 Å². The van der Waals surface area contributed by atoms with Crippen molar-refractivity contribution in [3.63, 3.8) is 0 Å². The Morgan fingerprint density at radius 1 is 1.15 bits per heavy atom. The molecule has 2 aromatic heterocycles. The number of nitrogens with one attached hydrogen (secondary N) is 1. The zero-order valence-electron chi connectivity index (χ0n) is 14.7. The van der Waals surface area contributed by atoms with E-state index >= 15 is 0 Å². The van der Waals surface area contributed by atoms with E-state index in [0.717, 1.165) is 16.5 Å². The molecule has 1 N–H and O–H groups in total. The number of ether oxygens (including phenoxy) is 1. The second-order valence-electron chi connectivity index (χ2n) is 5.90. The monoisotopic (exact) mass is 359 g/mol. The number of carbonyl (C=O) groups excluding carboxylic acids is 1. The van der Waals surface area contributed by atoms with Crippen molar-refractivity contribution < 1.29 is 9.53 Å². The Bertz CT molecular complexity index is 1080. The summed E-state index contributed by atoms with van der Waals surface area (Å²) in [6.07, 6.45) is 5.10. The number of anilines is 1. The molecule has 4 aromatic rings. The van der Waals surface area contributed by atoms with E-state index in [0.29, 0.717) is 23.9 Å². The van der Waals surface area contributed by atoms with Crippen LogP contribution in [0.25, 0.3) is 16.9 Å². The molecular weight excluding hydrogens is 342 g/mol. The van der Waals surface area contributed by atoms with Crippen molar-refractivity contribution in [3.05, 3.63) is 78.4 Å². The summed E-state index contributed by atoms with van der Waals surface area (Å²) >= 11 is 0. The largest absolute Gasteiger partial charge is 0.465 e. The lowest BCUT2D eigenvalue weighted by Crippen LogP contribution is -2.08. The van der Waals surface area contributed by atoms with Crippen LogP contribution in [0.2, 0.25) is 0 Å². The molecule has 0 fully saturated rings. The number of fused-ring (bicyclic) bond motifs is 1. The minimum absolute atomic E-state index is 0.399. The van der Waals surface area contributed by atoms with Gasteiger partial charge in [0.25, 0.3) is 0 Å². The maximum absolute atomic E-state index is 11.9. The molecule has 0 aliphatic rings. The second-order valence-corrected chi connectivity index (χ2v) is 5.90. The van der Waals surface area contributed by atoms with Crippen molar-refractivity contribution >= 4 is 22.7 Å². The van der Waals surface area contributed by atoms with E-state index in [1.54, 1.807) is 41.5 Å². The Kier molecular flexibility index (Phi) is 4.49. The highest BCUT2D eigenvalue weighted by Crippen LogP contribution is 2.24. The number of imidazole rings is 1. The van der Waals surface area contributed by atoms with Gasteiger partial charge in [-0.1, -0.05) is 30.3 Å². The summed E-state index contributed by atoms with van der Waals surface area (Å²) in [7, 11) is 1.36. The van der Waals surface area contributed by atoms with Crippen LogP contribution in [0, 0.1) is 0 Å². The van der Waals surface area contributed by atoms with Gasteiger partial charge >= 0.3 is 5.97 Å². The molecule has 2 aromatic carbocycles. The number of nitrogens with zero attached hydrogens (tertiary/aromatic N) is 4. The standard InChI is InChI=1S/C20H17N5O2/c1-27-19(26)15-7-8-17-16(11-15)18(22-12-14-5-3-2-4-6-14)24-20(23-17)25-10-9-21-13-25/h2-11,13H,12H2,1H3,(H,22,23,24). The third-order valence-corrected chi connectivity index (χ3v) is 4.14. The van der Waals surface area contributed by atoms with Gasteiger partial charge in [0.2, 0.25) is 5.95 Å². The lowest BCUT2D eigenvalue weighted by molar-refractivity contribution is 0.0601. The van der Waals surface area contributed by atoms with E-state index < -0.39 is 5.97 Å². The van der Waals surface area contributed by atoms with Crippen LogP contribution in [0.3, 0.4) is 0 Å². The number of esters is 1. The highest BCUT2D eigenvalue weighted by Gasteiger charge is 2.13. The molecule has 2 heterocycles. The summed E-state index contributed by atoms with van der Waals surface area (Å²) in [4.78, 5) is 25.2. The molecule has 0 saturated heterocycles. The van der Waals surface area contributed by atoms with Gasteiger partial charge in [-0.25, -0.2) is 14.8 Å². The van der Waals surface area contributed by atoms with Gasteiger partial charge in [0.15, 0.2) is 0 Å². The van der Waals surface area contributed by atoms with Crippen LogP contribution in [0.1, 0.15) is 15.9 Å². The molecule has 0 saturated carbocycles. The Balaban J connectivity index is 1.79. The predicted octanol–water partition coefficient (Wildman–Crippen LogP) is 3.21. The molecule has 0 radical (unpaired) electrons. The first-order chi connectivity index (χ1) is 13.2. The number of hydrogen-bond donors (Lipinski definition) is 1. The summed E-state index contributed by atoms with van der Waals surface area (Å²) in [5, 5.41) is 4.10. The van der Waals surface area contributed by atoms with Crippen LogP contribution in [-0.4, -0.2) is 32.6 Å². The molecule has 0 aliphatic heterocycles. The highest BCUT2D eigenvalue weighted by molar-refractivity contribution is 5.98. The van der Waals surface area contributed by atoms with Crippen molar-refractivity contribution in [2.75, 3.05) is 12.4 Å². The Labute approximate surface area is 155 Å². The van der Waals surface area contributed by atoms with Gasteiger partial charge in [-0.05, 0) is 23.8 Å². The summed E-state index contributed by atoms with van der Waals surface area (Å²) in [6, 6.07) is 15.2. The van der Waals surface area contributed by atoms with Gasteiger partial charge in [-0.2, -0.15) is 4.98 Å². The Hall–Kier alpha value is -3.74. The van der Waals surface area contributed by atoms with Gasteiger partial charge < -0.3 is 10.1 Å². The fraction of sp³-hybridized carbons (Fsp3) is 0.100. The molecule has 0 unspecified atom stereocenters. The number of methoxy groups -OCH3 is 1. The molecule has 134 valence electrons. The molecule has 0 bridgehead atoms. The molecule has 4 rings (SSSR count). The number of aromatic nitrogens is 4. The fourth-order valence-electron chi connectivity index (χ4n) is 2.77. The number of benzene rings is 2. The topological polar surface area (TPSA) is 81.9 Å². The Morgan fingerprint density at radius 3 is 2.74 bits per heavy atom. The van der Waals surface area contributed by atoms with E-state index in [9.17, 15) is 4.79 Å². The third kappa shape index (κ3) is 3.48. The van der Waals surface area contributed by atoms with Gasteiger partial charge in [-0.3, -0.25) is 4.57 Å². The van der Waals surface area contributed by atoms with E-state index in [2.05, 4.69) is 20.3 Å². The van der Waals surface area contributed by atoms with Crippen molar-refractivity contribution in [1.82, 2.24) is 19.5 Å². The first-order valence-electron chi connectivity index (χ1n) is 8.41. The zero-order chi connectivity index (χ0) is 18.6. The SMILES string of the molecule is COC(=O)c1ccc2nc(-n3ccnc3)nc(NCc3ccccc3)c2c1. The summed E-state index contributed by atoms with van der Waals surface area (Å²) in [5.74, 6) is 0.740. The molecule has 0 amide bonds. The van der Waals surface area contributed by atoms with E-state index in [-0.39, 0.29) is 0 Å². The van der Waals surface area contributed by atoms with Crippen LogP contribution in [0.4, 0.5) is 5.82 Å². The van der Waals surface area contributed by atoms with Gasteiger partial charge in [0.05, 0.1) is 18.2 Å². The maximum Gasteiger partial charge on any atom is 0.337 e. The minimum atomic E-state index is -0.399. The van der Waals surface area contributed by atoms with Gasteiger partial charge in [0.1, 0.15) is 12.1 Å². The first kappa shape index (κ1) is 16.7. The van der Waals surface area contributed by atoms with E-state index in [1.807, 2.05) is 30.3 Å². The third-order valence-electron chi connectivity index (χ3n) is 4.14.